The van der Waals surface area contributed by atoms with Crippen LogP contribution in [0.15, 0.2) is 43.4 Å². The summed E-state index contributed by atoms with van der Waals surface area (Å²) in [4.78, 5) is 15.3. The first-order valence-corrected chi connectivity index (χ1v) is 7.81. The van der Waals surface area contributed by atoms with Gasteiger partial charge in [-0.1, -0.05) is 6.07 Å². The van der Waals surface area contributed by atoms with Crippen LogP contribution in [0.4, 0.5) is 0 Å². The Hall–Kier alpha value is -2.54. The third-order valence-electron chi connectivity index (χ3n) is 4.40. The highest BCUT2D eigenvalue weighted by molar-refractivity contribution is 5.14. The lowest BCUT2D eigenvalue weighted by atomic mass is 10.1. The van der Waals surface area contributed by atoms with E-state index < -0.39 is 0 Å². The molecule has 1 aliphatic heterocycles. The highest BCUT2D eigenvalue weighted by Crippen LogP contribution is 2.26. The zero-order chi connectivity index (χ0) is 15.6. The quantitative estimate of drug-likeness (QED) is 0.730. The summed E-state index contributed by atoms with van der Waals surface area (Å²) in [6.07, 6.45) is 9.00. The van der Waals surface area contributed by atoms with Gasteiger partial charge in [0, 0.05) is 32.0 Å². The van der Waals surface area contributed by atoms with Crippen LogP contribution in [0.1, 0.15) is 30.0 Å². The van der Waals surface area contributed by atoms with Gasteiger partial charge in [0.25, 0.3) is 0 Å². The van der Waals surface area contributed by atoms with Gasteiger partial charge in [-0.25, -0.2) is 14.6 Å². The number of rotatable bonds is 4. The maximum Gasteiger partial charge on any atom is 0.137 e. The van der Waals surface area contributed by atoms with Crippen molar-refractivity contribution in [3.8, 4) is 0 Å². The number of hydrogen-bond acceptors (Lipinski definition) is 5. The van der Waals surface area contributed by atoms with E-state index in [2.05, 4.69) is 42.5 Å². The summed E-state index contributed by atoms with van der Waals surface area (Å²) >= 11 is 0. The molecule has 4 heterocycles. The summed E-state index contributed by atoms with van der Waals surface area (Å²) in [5.41, 5.74) is 2.42. The lowest BCUT2D eigenvalue weighted by molar-refractivity contribution is 0.154. The van der Waals surface area contributed by atoms with Gasteiger partial charge < -0.3 is 4.57 Å². The zero-order valence-corrected chi connectivity index (χ0v) is 13.1. The maximum absolute atomic E-state index is 4.65. The monoisotopic (exact) mass is 309 g/mol. The van der Waals surface area contributed by atoms with E-state index in [1.165, 1.54) is 11.3 Å². The molecule has 1 aliphatic rings. The van der Waals surface area contributed by atoms with Gasteiger partial charge in [-0.3, -0.25) is 9.88 Å². The van der Waals surface area contributed by atoms with Crippen LogP contribution in [-0.2, 0) is 19.6 Å². The molecule has 0 aliphatic carbocycles. The van der Waals surface area contributed by atoms with Crippen molar-refractivity contribution in [2.75, 3.05) is 6.54 Å². The molecule has 118 valence electrons. The molecular weight excluding hydrogens is 290 g/mol. The summed E-state index contributed by atoms with van der Waals surface area (Å²) in [6.45, 7) is 5.78. The van der Waals surface area contributed by atoms with Gasteiger partial charge in [0.05, 0.1) is 24.5 Å². The second kappa shape index (κ2) is 5.92. The van der Waals surface area contributed by atoms with Crippen molar-refractivity contribution in [2.24, 2.45) is 0 Å². The molecule has 0 unspecified atom stereocenters. The van der Waals surface area contributed by atoms with Crippen molar-refractivity contribution in [1.82, 2.24) is 34.2 Å². The zero-order valence-electron chi connectivity index (χ0n) is 13.1. The van der Waals surface area contributed by atoms with E-state index in [9.17, 15) is 0 Å². The van der Waals surface area contributed by atoms with Crippen LogP contribution in [0.25, 0.3) is 0 Å². The van der Waals surface area contributed by atoms with Crippen LogP contribution in [0.5, 0.6) is 0 Å². The number of pyridine rings is 1. The SMILES string of the molecule is C[C@@H]1c2ncc(Cn3cncn3)n2CCN1Cc1cccnc1. The predicted octanol–water partition coefficient (Wildman–Crippen LogP) is 1.49. The third-order valence-corrected chi connectivity index (χ3v) is 4.40. The Balaban J connectivity index is 1.53. The van der Waals surface area contributed by atoms with Crippen molar-refractivity contribution < 1.29 is 0 Å². The fourth-order valence-electron chi connectivity index (χ4n) is 3.15. The second-order valence-electron chi connectivity index (χ2n) is 5.86. The first-order chi connectivity index (χ1) is 11.3. The van der Waals surface area contributed by atoms with Gasteiger partial charge >= 0.3 is 0 Å². The molecule has 0 N–H and O–H groups in total. The van der Waals surface area contributed by atoms with E-state index in [0.717, 1.165) is 25.5 Å². The van der Waals surface area contributed by atoms with Gasteiger partial charge in [0.1, 0.15) is 18.5 Å². The fraction of sp³-hybridized carbons (Fsp3) is 0.375. The van der Waals surface area contributed by atoms with Crippen molar-refractivity contribution >= 4 is 0 Å². The largest absolute Gasteiger partial charge is 0.328 e. The van der Waals surface area contributed by atoms with Gasteiger partial charge in [-0.2, -0.15) is 5.10 Å². The lowest BCUT2D eigenvalue weighted by Gasteiger charge is -2.34. The summed E-state index contributed by atoms with van der Waals surface area (Å²) in [5.74, 6) is 1.12. The molecule has 0 spiro atoms. The Labute approximate surface area is 134 Å². The average molecular weight is 309 g/mol. The Morgan fingerprint density at radius 3 is 2.91 bits per heavy atom. The minimum absolute atomic E-state index is 0.286. The molecule has 0 bridgehead atoms. The molecule has 3 aromatic rings. The molecule has 23 heavy (non-hydrogen) atoms. The van der Waals surface area contributed by atoms with E-state index >= 15 is 0 Å². The summed E-state index contributed by atoms with van der Waals surface area (Å²) < 4.78 is 4.14. The lowest BCUT2D eigenvalue weighted by Crippen LogP contribution is -2.37. The summed E-state index contributed by atoms with van der Waals surface area (Å²) in [6, 6.07) is 4.39. The van der Waals surface area contributed by atoms with Crippen LogP contribution in [0.3, 0.4) is 0 Å². The maximum atomic E-state index is 4.65. The van der Waals surface area contributed by atoms with E-state index in [1.807, 2.05) is 29.3 Å². The molecule has 1 atom stereocenters. The smallest absolute Gasteiger partial charge is 0.137 e. The number of nitrogens with zero attached hydrogens (tertiary/aromatic N) is 7. The van der Waals surface area contributed by atoms with Gasteiger partial charge in [-0.05, 0) is 18.6 Å². The van der Waals surface area contributed by atoms with Gasteiger partial charge in [0.2, 0.25) is 0 Å². The molecule has 0 aromatic carbocycles. The highest BCUT2D eigenvalue weighted by Gasteiger charge is 2.27. The second-order valence-corrected chi connectivity index (χ2v) is 5.86. The predicted molar refractivity (Wildman–Crippen MR) is 84.4 cm³/mol. The van der Waals surface area contributed by atoms with Crippen molar-refractivity contribution in [2.45, 2.75) is 32.6 Å². The number of imidazole rings is 1. The van der Waals surface area contributed by atoms with Crippen LogP contribution in [0, 0.1) is 0 Å². The number of aromatic nitrogens is 6. The fourth-order valence-corrected chi connectivity index (χ4v) is 3.15. The van der Waals surface area contributed by atoms with E-state index in [4.69, 9.17) is 0 Å². The molecule has 0 radical (unpaired) electrons. The van der Waals surface area contributed by atoms with Gasteiger partial charge in [-0.15, -0.1) is 0 Å². The Morgan fingerprint density at radius 2 is 2.13 bits per heavy atom. The van der Waals surface area contributed by atoms with E-state index in [1.54, 1.807) is 12.7 Å². The average Bonchev–Trinajstić information content (AvgIpc) is 3.22. The molecule has 0 saturated carbocycles. The number of fused-ring (bicyclic) bond motifs is 1. The third kappa shape index (κ3) is 2.75. The summed E-state index contributed by atoms with van der Waals surface area (Å²) in [5, 5.41) is 4.18. The van der Waals surface area contributed by atoms with Crippen LogP contribution in [0.2, 0.25) is 0 Å². The molecule has 7 heteroatoms. The molecule has 0 fully saturated rings. The van der Waals surface area contributed by atoms with Crippen LogP contribution < -0.4 is 0 Å². The Morgan fingerprint density at radius 1 is 1.17 bits per heavy atom. The van der Waals surface area contributed by atoms with E-state index in [0.29, 0.717) is 6.54 Å². The molecule has 4 rings (SSSR count). The topological polar surface area (TPSA) is 64.7 Å². The highest BCUT2D eigenvalue weighted by atomic mass is 15.3. The Bertz CT molecular complexity index is 763. The normalized spacial score (nSPS) is 18.0. The van der Waals surface area contributed by atoms with Crippen LogP contribution in [-0.4, -0.2) is 40.7 Å². The van der Waals surface area contributed by atoms with Crippen LogP contribution >= 0.6 is 0 Å². The Kier molecular flexibility index (Phi) is 3.63. The minimum atomic E-state index is 0.286. The molecule has 0 saturated heterocycles. The summed E-state index contributed by atoms with van der Waals surface area (Å²) in [7, 11) is 0. The first-order valence-electron chi connectivity index (χ1n) is 7.81. The van der Waals surface area contributed by atoms with Crippen molar-refractivity contribution in [1.29, 1.82) is 0 Å². The van der Waals surface area contributed by atoms with E-state index in [-0.39, 0.29) is 6.04 Å². The molecular formula is C16H19N7. The molecule has 7 nitrogen and oxygen atoms in total. The van der Waals surface area contributed by atoms with Crippen molar-refractivity contribution in [3.05, 3.63) is 60.5 Å². The molecule has 0 amide bonds. The molecule has 3 aromatic heterocycles. The number of hydrogen-bond donors (Lipinski definition) is 0. The standard InChI is InChI=1S/C16H19N7/c1-13-16-19-8-15(10-22-12-18-11-20-22)23(16)6-5-21(13)9-14-3-2-4-17-7-14/h2-4,7-8,11-13H,5-6,9-10H2,1H3/t13-/m1/s1. The van der Waals surface area contributed by atoms with Crippen molar-refractivity contribution in [3.63, 3.8) is 0 Å². The minimum Gasteiger partial charge on any atom is -0.328 e. The first kappa shape index (κ1) is 14.1. The van der Waals surface area contributed by atoms with Gasteiger partial charge in [0.15, 0.2) is 0 Å².